The van der Waals surface area contributed by atoms with E-state index in [0.717, 1.165) is 16.4 Å². The molecule has 0 atom stereocenters. The van der Waals surface area contributed by atoms with Crippen molar-refractivity contribution in [3.8, 4) is 10.7 Å². The van der Waals surface area contributed by atoms with Gasteiger partial charge in [-0.3, -0.25) is 14.7 Å². The van der Waals surface area contributed by atoms with Crippen LogP contribution in [0.2, 0.25) is 0 Å². The molecule has 4 rings (SSSR count). The van der Waals surface area contributed by atoms with Crippen LogP contribution in [0.1, 0.15) is 5.69 Å². The highest BCUT2D eigenvalue weighted by Crippen LogP contribution is 2.22. The third kappa shape index (κ3) is 3.95. The molecule has 3 amide bonds. The molecule has 1 aliphatic rings. The van der Waals surface area contributed by atoms with E-state index in [1.807, 2.05) is 35.7 Å². The predicted octanol–water partition coefficient (Wildman–Crippen LogP) is 2.92. The zero-order valence-corrected chi connectivity index (χ0v) is 15.2. The lowest BCUT2D eigenvalue weighted by atomic mass is 10.2. The monoisotopic (exact) mass is 379 g/mol. The van der Waals surface area contributed by atoms with Crippen LogP contribution in [0.25, 0.3) is 10.7 Å². The molecule has 0 radical (unpaired) electrons. The molecule has 1 saturated heterocycles. The highest BCUT2D eigenvalue weighted by Gasteiger charge is 2.20. The first-order chi connectivity index (χ1) is 13.2. The van der Waals surface area contributed by atoms with E-state index in [0.29, 0.717) is 24.5 Å². The molecular weight excluding hydrogens is 362 g/mol. The number of anilines is 2. The van der Waals surface area contributed by atoms with Crippen molar-refractivity contribution in [3.05, 3.63) is 59.7 Å². The van der Waals surface area contributed by atoms with Gasteiger partial charge in [0.25, 0.3) is 0 Å². The fourth-order valence-corrected chi connectivity index (χ4v) is 3.60. The lowest BCUT2D eigenvalue weighted by Crippen LogP contribution is -2.27. The van der Waals surface area contributed by atoms with Crippen LogP contribution >= 0.6 is 11.3 Å². The van der Waals surface area contributed by atoms with Gasteiger partial charge in [0.15, 0.2) is 0 Å². The number of hydrogen-bond donors (Lipinski definition) is 2. The van der Waals surface area contributed by atoms with E-state index >= 15 is 0 Å². The second kappa shape index (κ2) is 7.55. The fraction of sp³-hybridized carbons (Fsp3) is 0.158. The van der Waals surface area contributed by atoms with Gasteiger partial charge in [0.2, 0.25) is 5.91 Å². The second-order valence-electron chi connectivity index (χ2n) is 6.01. The summed E-state index contributed by atoms with van der Waals surface area (Å²) in [7, 11) is 0. The number of rotatable bonds is 5. The van der Waals surface area contributed by atoms with Crippen molar-refractivity contribution in [1.29, 1.82) is 0 Å². The number of carbonyl (C=O) groups excluding carboxylic acids is 2. The van der Waals surface area contributed by atoms with Crippen molar-refractivity contribution in [3.63, 3.8) is 0 Å². The molecule has 7 nitrogen and oxygen atoms in total. The lowest BCUT2D eigenvalue weighted by molar-refractivity contribution is -0.115. The summed E-state index contributed by atoms with van der Waals surface area (Å²) in [4.78, 5) is 34.4. The van der Waals surface area contributed by atoms with E-state index in [1.54, 1.807) is 23.2 Å². The first-order valence-electron chi connectivity index (χ1n) is 8.50. The second-order valence-corrected chi connectivity index (χ2v) is 6.87. The van der Waals surface area contributed by atoms with Gasteiger partial charge in [-0.1, -0.05) is 6.07 Å². The Morgan fingerprint density at radius 2 is 2.07 bits per heavy atom. The SMILES string of the molecule is O=C(Cc1csc(-c2ccccn2)n1)Nc1ccc(N2CCNC2=O)cc1. The third-order valence-corrected chi connectivity index (χ3v) is 5.01. The van der Waals surface area contributed by atoms with Crippen molar-refractivity contribution in [1.82, 2.24) is 15.3 Å². The standard InChI is InChI=1S/C19H17N5O2S/c25-17(11-14-12-27-18(23-14)16-3-1-2-8-20-16)22-13-4-6-15(7-5-13)24-10-9-21-19(24)26/h1-8,12H,9-11H2,(H,21,26)(H,22,25). The Hall–Kier alpha value is -3.26. The van der Waals surface area contributed by atoms with Crippen molar-refractivity contribution in [2.24, 2.45) is 0 Å². The molecule has 0 bridgehead atoms. The Kier molecular flexibility index (Phi) is 4.80. The van der Waals surface area contributed by atoms with Gasteiger partial charge in [0.05, 0.1) is 17.8 Å². The van der Waals surface area contributed by atoms with E-state index in [1.165, 1.54) is 11.3 Å². The summed E-state index contributed by atoms with van der Waals surface area (Å²) in [6.07, 6.45) is 1.91. The first-order valence-corrected chi connectivity index (χ1v) is 9.38. The lowest BCUT2D eigenvalue weighted by Gasteiger charge is -2.14. The Balaban J connectivity index is 1.37. The number of nitrogens with zero attached hydrogens (tertiary/aromatic N) is 3. The summed E-state index contributed by atoms with van der Waals surface area (Å²) in [6.45, 7) is 1.29. The van der Waals surface area contributed by atoms with Gasteiger partial charge >= 0.3 is 6.03 Å². The molecule has 3 aromatic rings. The highest BCUT2D eigenvalue weighted by molar-refractivity contribution is 7.13. The van der Waals surface area contributed by atoms with Crippen LogP contribution in [0.3, 0.4) is 0 Å². The predicted molar refractivity (Wildman–Crippen MR) is 105 cm³/mol. The Morgan fingerprint density at radius 1 is 1.22 bits per heavy atom. The number of urea groups is 1. The molecule has 0 saturated carbocycles. The third-order valence-electron chi connectivity index (χ3n) is 4.10. The minimum atomic E-state index is -0.139. The normalized spacial score (nSPS) is 13.5. The van der Waals surface area contributed by atoms with Gasteiger partial charge in [0.1, 0.15) is 5.01 Å². The van der Waals surface area contributed by atoms with Gasteiger partial charge in [-0.25, -0.2) is 9.78 Å². The molecule has 0 spiro atoms. The average Bonchev–Trinajstić information content (AvgIpc) is 3.32. The molecule has 1 aromatic carbocycles. The van der Waals surface area contributed by atoms with E-state index in [9.17, 15) is 9.59 Å². The molecule has 136 valence electrons. The summed E-state index contributed by atoms with van der Waals surface area (Å²) in [5.74, 6) is -0.139. The van der Waals surface area contributed by atoms with Crippen molar-refractivity contribution < 1.29 is 9.59 Å². The van der Waals surface area contributed by atoms with Gasteiger partial charge in [-0.05, 0) is 36.4 Å². The van der Waals surface area contributed by atoms with E-state index in [4.69, 9.17) is 0 Å². The van der Waals surface area contributed by atoms with Gasteiger partial charge < -0.3 is 10.6 Å². The Morgan fingerprint density at radius 3 is 2.78 bits per heavy atom. The van der Waals surface area contributed by atoms with Crippen molar-refractivity contribution >= 4 is 34.6 Å². The van der Waals surface area contributed by atoms with Crippen molar-refractivity contribution in [2.75, 3.05) is 23.3 Å². The zero-order valence-electron chi connectivity index (χ0n) is 14.4. The number of amides is 3. The van der Waals surface area contributed by atoms with E-state index in [2.05, 4.69) is 20.6 Å². The van der Waals surface area contributed by atoms with Crippen molar-refractivity contribution in [2.45, 2.75) is 6.42 Å². The quantitative estimate of drug-likeness (QED) is 0.714. The zero-order chi connectivity index (χ0) is 18.6. The minimum absolute atomic E-state index is 0.0981. The van der Waals surface area contributed by atoms with E-state index in [-0.39, 0.29) is 18.4 Å². The largest absolute Gasteiger partial charge is 0.336 e. The highest BCUT2D eigenvalue weighted by atomic mass is 32.1. The summed E-state index contributed by atoms with van der Waals surface area (Å²) < 4.78 is 0. The molecule has 3 heterocycles. The molecule has 1 aliphatic heterocycles. The summed E-state index contributed by atoms with van der Waals surface area (Å²) in [6, 6.07) is 12.8. The first kappa shape index (κ1) is 17.2. The molecule has 1 fully saturated rings. The molecule has 8 heteroatoms. The van der Waals surface area contributed by atoms with Crippen LogP contribution < -0.4 is 15.5 Å². The number of nitrogens with one attached hydrogen (secondary N) is 2. The summed E-state index contributed by atoms with van der Waals surface area (Å²) >= 11 is 1.47. The number of carbonyl (C=O) groups is 2. The summed E-state index contributed by atoms with van der Waals surface area (Å²) in [5, 5.41) is 8.29. The van der Waals surface area contributed by atoms with Crippen LogP contribution in [-0.2, 0) is 11.2 Å². The summed E-state index contributed by atoms with van der Waals surface area (Å²) in [5.41, 5.74) is 3.00. The van der Waals surface area contributed by atoms with Crippen LogP contribution in [0.5, 0.6) is 0 Å². The van der Waals surface area contributed by atoms with Gasteiger partial charge in [0, 0.05) is 36.0 Å². The Bertz CT molecular complexity index is 956. The average molecular weight is 379 g/mol. The maximum atomic E-state index is 12.3. The smallest absolute Gasteiger partial charge is 0.321 e. The topological polar surface area (TPSA) is 87.2 Å². The van der Waals surface area contributed by atoms with Crippen LogP contribution in [-0.4, -0.2) is 35.0 Å². The Labute approximate surface area is 160 Å². The number of benzene rings is 1. The van der Waals surface area contributed by atoms with Gasteiger partial charge in [-0.15, -0.1) is 11.3 Å². The molecule has 2 aromatic heterocycles. The van der Waals surface area contributed by atoms with Gasteiger partial charge in [-0.2, -0.15) is 0 Å². The maximum Gasteiger partial charge on any atom is 0.321 e. The number of thiazole rings is 1. The number of hydrogen-bond acceptors (Lipinski definition) is 5. The minimum Gasteiger partial charge on any atom is -0.336 e. The van der Waals surface area contributed by atoms with Crippen LogP contribution in [0.4, 0.5) is 16.2 Å². The molecule has 27 heavy (non-hydrogen) atoms. The van der Waals surface area contributed by atoms with Crippen LogP contribution in [0, 0.1) is 0 Å². The van der Waals surface area contributed by atoms with E-state index < -0.39 is 0 Å². The number of aromatic nitrogens is 2. The molecule has 0 unspecified atom stereocenters. The molecule has 0 aliphatic carbocycles. The maximum absolute atomic E-state index is 12.3. The van der Waals surface area contributed by atoms with Crippen LogP contribution in [0.15, 0.2) is 54.0 Å². The number of pyridine rings is 1. The molecule has 2 N–H and O–H groups in total. The fourth-order valence-electron chi connectivity index (χ4n) is 2.81. The molecular formula is C19H17N5O2S.